The molecule has 1 N–H and O–H groups in total. The lowest BCUT2D eigenvalue weighted by Gasteiger charge is -2.23. The van der Waals surface area contributed by atoms with Gasteiger partial charge in [0, 0.05) is 24.8 Å². The highest BCUT2D eigenvalue weighted by atomic mass is 16.5. The summed E-state index contributed by atoms with van der Waals surface area (Å²) >= 11 is 0. The molecule has 0 atom stereocenters. The number of aryl methyl sites for hydroxylation is 1. The van der Waals surface area contributed by atoms with Gasteiger partial charge in [-0.1, -0.05) is 23.8 Å². The van der Waals surface area contributed by atoms with Crippen molar-refractivity contribution in [3.8, 4) is 11.3 Å². The van der Waals surface area contributed by atoms with Gasteiger partial charge in [-0.05, 0) is 38.0 Å². The molecule has 1 aliphatic rings. The van der Waals surface area contributed by atoms with Crippen LogP contribution in [0.25, 0.3) is 16.9 Å². The van der Waals surface area contributed by atoms with Crippen molar-refractivity contribution >= 4 is 11.5 Å². The largest absolute Gasteiger partial charge is 0.381 e. The summed E-state index contributed by atoms with van der Waals surface area (Å²) in [4.78, 5) is 4.47. The Kier molecular flexibility index (Phi) is 3.71. The quantitative estimate of drug-likeness (QED) is 0.806. The van der Waals surface area contributed by atoms with Gasteiger partial charge in [-0.2, -0.15) is 0 Å². The topological polar surface area (TPSA) is 51.5 Å². The third kappa shape index (κ3) is 2.92. The number of hydrogen-bond donors (Lipinski definition) is 1. The zero-order valence-corrected chi connectivity index (χ0v) is 13.2. The maximum Gasteiger partial charge on any atom is 0.154 e. The van der Waals surface area contributed by atoms with Crippen LogP contribution in [0, 0.1) is 6.92 Å². The molecule has 2 aromatic heterocycles. The van der Waals surface area contributed by atoms with Gasteiger partial charge in [0.2, 0.25) is 0 Å². The molecule has 0 aliphatic carbocycles. The van der Waals surface area contributed by atoms with Gasteiger partial charge in [-0.25, -0.2) is 9.50 Å². The normalized spacial score (nSPS) is 15.9. The van der Waals surface area contributed by atoms with E-state index < -0.39 is 0 Å². The summed E-state index contributed by atoms with van der Waals surface area (Å²) in [6, 6.07) is 12.8. The maximum absolute atomic E-state index is 5.41. The summed E-state index contributed by atoms with van der Waals surface area (Å²) < 4.78 is 7.32. The van der Waals surface area contributed by atoms with Crippen molar-refractivity contribution in [1.82, 2.24) is 14.6 Å². The molecule has 0 spiro atoms. The first-order valence-electron chi connectivity index (χ1n) is 8.06. The molecular weight excluding hydrogens is 288 g/mol. The molecule has 5 heteroatoms. The highest BCUT2D eigenvalue weighted by molar-refractivity contribution is 5.64. The molecule has 0 saturated carbocycles. The van der Waals surface area contributed by atoms with Crippen LogP contribution in [0.1, 0.15) is 18.4 Å². The summed E-state index contributed by atoms with van der Waals surface area (Å²) in [5.41, 5.74) is 4.24. The Bertz CT molecular complexity index is 821. The summed E-state index contributed by atoms with van der Waals surface area (Å²) in [6.07, 6.45) is 3.93. The van der Waals surface area contributed by atoms with Crippen LogP contribution in [0.3, 0.4) is 0 Å². The van der Waals surface area contributed by atoms with E-state index in [-0.39, 0.29) is 0 Å². The fourth-order valence-corrected chi connectivity index (χ4v) is 3.00. The Morgan fingerprint density at radius 3 is 2.87 bits per heavy atom. The van der Waals surface area contributed by atoms with E-state index in [2.05, 4.69) is 41.5 Å². The van der Waals surface area contributed by atoms with Gasteiger partial charge in [-0.15, -0.1) is 5.10 Å². The van der Waals surface area contributed by atoms with Gasteiger partial charge in [0.1, 0.15) is 5.82 Å². The molecule has 0 amide bonds. The number of hydrogen-bond acceptors (Lipinski definition) is 4. The molecule has 0 bridgehead atoms. The first-order valence-corrected chi connectivity index (χ1v) is 8.06. The number of ether oxygens (including phenoxy) is 1. The molecular formula is C18H20N4O. The fraction of sp³-hybridized carbons (Fsp3) is 0.333. The van der Waals surface area contributed by atoms with Crippen LogP contribution >= 0.6 is 0 Å². The van der Waals surface area contributed by atoms with Crippen molar-refractivity contribution in [1.29, 1.82) is 0 Å². The second-order valence-corrected chi connectivity index (χ2v) is 6.03. The van der Waals surface area contributed by atoms with E-state index in [9.17, 15) is 0 Å². The average molecular weight is 308 g/mol. The van der Waals surface area contributed by atoms with Gasteiger partial charge in [-0.3, -0.25) is 0 Å². The van der Waals surface area contributed by atoms with Crippen molar-refractivity contribution in [2.24, 2.45) is 0 Å². The van der Waals surface area contributed by atoms with Crippen molar-refractivity contribution < 1.29 is 4.74 Å². The van der Waals surface area contributed by atoms with Crippen molar-refractivity contribution in [2.75, 3.05) is 18.5 Å². The smallest absolute Gasteiger partial charge is 0.154 e. The predicted octanol–water partition coefficient (Wildman–Crippen LogP) is 3.30. The number of aromatic nitrogens is 3. The minimum Gasteiger partial charge on any atom is -0.381 e. The molecule has 1 aliphatic heterocycles. The molecule has 4 rings (SSSR count). The summed E-state index contributed by atoms with van der Waals surface area (Å²) in [6.45, 7) is 3.73. The molecule has 23 heavy (non-hydrogen) atoms. The van der Waals surface area contributed by atoms with E-state index in [0.29, 0.717) is 6.04 Å². The average Bonchev–Trinajstić information content (AvgIpc) is 2.99. The number of nitrogens with one attached hydrogen (secondary N) is 1. The number of benzene rings is 1. The highest BCUT2D eigenvalue weighted by Crippen LogP contribution is 2.22. The van der Waals surface area contributed by atoms with E-state index in [0.717, 1.165) is 48.8 Å². The summed E-state index contributed by atoms with van der Waals surface area (Å²) in [5.74, 6) is 0.885. The molecule has 5 nitrogen and oxygen atoms in total. The highest BCUT2D eigenvalue weighted by Gasteiger charge is 2.15. The van der Waals surface area contributed by atoms with E-state index in [4.69, 9.17) is 9.84 Å². The van der Waals surface area contributed by atoms with Gasteiger partial charge >= 0.3 is 0 Å². The Hall–Kier alpha value is -2.40. The number of fused-ring (bicyclic) bond motifs is 1. The lowest BCUT2D eigenvalue weighted by Crippen LogP contribution is -2.28. The number of rotatable bonds is 3. The third-order valence-electron chi connectivity index (χ3n) is 4.25. The Balaban J connectivity index is 1.68. The van der Waals surface area contributed by atoms with E-state index >= 15 is 0 Å². The molecule has 3 heterocycles. The van der Waals surface area contributed by atoms with Gasteiger partial charge in [0.15, 0.2) is 5.65 Å². The Morgan fingerprint density at radius 1 is 1.17 bits per heavy atom. The summed E-state index contributed by atoms with van der Waals surface area (Å²) in [7, 11) is 0. The van der Waals surface area contributed by atoms with E-state index in [1.807, 2.05) is 22.8 Å². The van der Waals surface area contributed by atoms with Crippen molar-refractivity contribution in [2.45, 2.75) is 25.8 Å². The van der Waals surface area contributed by atoms with Gasteiger partial charge < -0.3 is 10.1 Å². The van der Waals surface area contributed by atoms with E-state index in [1.165, 1.54) is 5.56 Å². The zero-order valence-electron chi connectivity index (χ0n) is 13.2. The van der Waals surface area contributed by atoms with E-state index in [1.54, 1.807) is 0 Å². The monoisotopic (exact) mass is 308 g/mol. The molecule has 1 fully saturated rings. The van der Waals surface area contributed by atoms with Crippen LogP contribution in [0.2, 0.25) is 0 Å². The fourth-order valence-electron chi connectivity index (χ4n) is 3.00. The SMILES string of the molecule is Cc1cccc(-c2cnc3ccc(NC4CCOCC4)nn23)c1. The van der Waals surface area contributed by atoms with Crippen LogP contribution in [0.15, 0.2) is 42.6 Å². The molecule has 1 aromatic carbocycles. The molecule has 118 valence electrons. The minimum atomic E-state index is 0.430. The van der Waals surface area contributed by atoms with Crippen LogP contribution in [0.4, 0.5) is 5.82 Å². The van der Waals surface area contributed by atoms with Crippen molar-refractivity contribution in [3.63, 3.8) is 0 Å². The molecule has 3 aromatic rings. The summed E-state index contributed by atoms with van der Waals surface area (Å²) in [5, 5.41) is 8.25. The Morgan fingerprint density at radius 2 is 2.04 bits per heavy atom. The number of anilines is 1. The van der Waals surface area contributed by atoms with Crippen molar-refractivity contribution in [3.05, 3.63) is 48.2 Å². The second kappa shape index (κ2) is 6.01. The molecule has 0 unspecified atom stereocenters. The number of imidazole rings is 1. The molecule has 1 saturated heterocycles. The standard InChI is InChI=1S/C18H20N4O/c1-13-3-2-4-14(11-13)16-12-19-18-6-5-17(21-22(16)18)20-15-7-9-23-10-8-15/h2-6,11-12,15H,7-10H2,1H3,(H,20,21). The lowest BCUT2D eigenvalue weighted by atomic mass is 10.1. The van der Waals surface area contributed by atoms with Gasteiger partial charge in [0.05, 0.1) is 11.9 Å². The Labute approximate surface area is 135 Å². The third-order valence-corrected chi connectivity index (χ3v) is 4.25. The lowest BCUT2D eigenvalue weighted by molar-refractivity contribution is 0.0903. The maximum atomic E-state index is 5.41. The zero-order chi connectivity index (χ0) is 15.6. The predicted molar refractivity (Wildman–Crippen MR) is 90.6 cm³/mol. The minimum absolute atomic E-state index is 0.430. The van der Waals surface area contributed by atoms with Crippen LogP contribution in [-0.2, 0) is 4.74 Å². The van der Waals surface area contributed by atoms with Gasteiger partial charge in [0.25, 0.3) is 0 Å². The van der Waals surface area contributed by atoms with Crippen LogP contribution < -0.4 is 5.32 Å². The first-order chi connectivity index (χ1) is 11.3. The second-order valence-electron chi connectivity index (χ2n) is 6.03. The first kappa shape index (κ1) is 14.2. The molecule has 0 radical (unpaired) electrons. The van der Waals surface area contributed by atoms with Crippen LogP contribution in [-0.4, -0.2) is 33.9 Å². The number of nitrogens with zero attached hydrogens (tertiary/aromatic N) is 3. The van der Waals surface area contributed by atoms with Crippen LogP contribution in [0.5, 0.6) is 0 Å².